The van der Waals surface area contributed by atoms with Crippen molar-refractivity contribution in [1.29, 1.82) is 0 Å². The third-order valence-corrected chi connectivity index (χ3v) is 3.85. The van der Waals surface area contributed by atoms with E-state index in [9.17, 15) is 4.79 Å². The van der Waals surface area contributed by atoms with Gasteiger partial charge in [0.05, 0.1) is 12.3 Å². The molecule has 0 unspecified atom stereocenters. The van der Waals surface area contributed by atoms with Gasteiger partial charge < -0.3 is 19.4 Å². The molecule has 22 heavy (non-hydrogen) atoms. The van der Waals surface area contributed by atoms with Gasteiger partial charge in [0.25, 0.3) is 0 Å². The number of nitrogens with one attached hydrogen (secondary N) is 1. The summed E-state index contributed by atoms with van der Waals surface area (Å²) in [6.07, 6.45) is 3.66. The van der Waals surface area contributed by atoms with E-state index < -0.39 is 5.60 Å². The van der Waals surface area contributed by atoms with Gasteiger partial charge in [-0.05, 0) is 58.6 Å². The largest absolute Gasteiger partial charge is 0.468 e. The van der Waals surface area contributed by atoms with Crippen LogP contribution in [0.25, 0.3) is 0 Å². The lowest BCUT2D eigenvalue weighted by atomic mass is 9.98. The van der Waals surface area contributed by atoms with Crippen LogP contribution in [0.1, 0.15) is 52.3 Å². The Kier molecular flexibility index (Phi) is 5.51. The minimum Gasteiger partial charge on any atom is -0.468 e. The van der Waals surface area contributed by atoms with Crippen LogP contribution in [0.4, 0.5) is 4.79 Å². The quantitative estimate of drug-likeness (QED) is 0.923. The van der Waals surface area contributed by atoms with Crippen molar-refractivity contribution in [1.82, 2.24) is 10.2 Å². The fraction of sp³-hybridized carbons (Fsp3) is 0.706. The maximum absolute atomic E-state index is 12.2. The highest BCUT2D eigenvalue weighted by molar-refractivity contribution is 5.68. The Morgan fingerprint density at radius 2 is 2.32 bits per heavy atom. The third-order valence-electron chi connectivity index (χ3n) is 3.85. The first-order chi connectivity index (χ1) is 10.3. The predicted octanol–water partition coefficient (Wildman–Crippen LogP) is 3.58. The molecule has 1 aliphatic rings. The molecule has 1 aromatic heterocycles. The van der Waals surface area contributed by atoms with Crippen molar-refractivity contribution in [2.24, 2.45) is 5.92 Å². The third kappa shape index (κ3) is 5.05. The van der Waals surface area contributed by atoms with Gasteiger partial charge in [-0.3, -0.25) is 0 Å². The molecular formula is C17H28N2O3. The fourth-order valence-corrected chi connectivity index (χ4v) is 2.71. The van der Waals surface area contributed by atoms with Gasteiger partial charge in [-0.1, -0.05) is 0 Å². The molecule has 124 valence electrons. The number of hydrogen-bond donors (Lipinski definition) is 1. The zero-order chi connectivity index (χ0) is 16.2. The van der Waals surface area contributed by atoms with Crippen LogP contribution in [0.15, 0.2) is 22.8 Å². The first-order valence-electron chi connectivity index (χ1n) is 8.10. The summed E-state index contributed by atoms with van der Waals surface area (Å²) in [4.78, 5) is 14.0. The normalized spacial score (nSPS) is 20.7. The first-order valence-corrected chi connectivity index (χ1v) is 8.10. The average Bonchev–Trinajstić information content (AvgIpc) is 2.97. The lowest BCUT2D eigenvalue weighted by Gasteiger charge is -2.34. The molecule has 1 fully saturated rings. The van der Waals surface area contributed by atoms with Crippen LogP contribution in [-0.4, -0.2) is 36.2 Å². The minimum absolute atomic E-state index is 0.187. The van der Waals surface area contributed by atoms with Gasteiger partial charge >= 0.3 is 6.09 Å². The van der Waals surface area contributed by atoms with Crippen LogP contribution in [0.5, 0.6) is 0 Å². The molecule has 2 atom stereocenters. The number of ether oxygens (including phenoxy) is 1. The Hall–Kier alpha value is -1.49. The number of likely N-dealkylation sites (tertiary alicyclic amines) is 1. The van der Waals surface area contributed by atoms with Crippen molar-refractivity contribution >= 4 is 6.09 Å². The van der Waals surface area contributed by atoms with Gasteiger partial charge in [0.1, 0.15) is 11.4 Å². The second-order valence-corrected chi connectivity index (χ2v) is 7.08. The van der Waals surface area contributed by atoms with Crippen LogP contribution in [0, 0.1) is 5.92 Å². The first kappa shape index (κ1) is 16.9. The Labute approximate surface area is 133 Å². The summed E-state index contributed by atoms with van der Waals surface area (Å²) in [5.41, 5.74) is -0.434. The SMILES string of the molecule is C[C@@H](NC[C@H]1CCCN(C(=O)OC(C)(C)C)C1)c1ccco1. The summed E-state index contributed by atoms with van der Waals surface area (Å²) < 4.78 is 10.9. The number of furan rings is 1. The molecule has 1 aliphatic heterocycles. The number of hydrogen-bond acceptors (Lipinski definition) is 4. The molecular weight excluding hydrogens is 280 g/mol. The molecule has 0 radical (unpaired) electrons. The molecule has 5 heteroatoms. The number of piperidine rings is 1. The summed E-state index contributed by atoms with van der Waals surface area (Å²) in [7, 11) is 0. The van der Waals surface area contributed by atoms with E-state index in [1.165, 1.54) is 0 Å². The Balaban J connectivity index is 1.79. The second kappa shape index (κ2) is 7.18. The highest BCUT2D eigenvalue weighted by atomic mass is 16.6. The molecule has 1 amide bonds. The molecule has 0 aliphatic carbocycles. The summed E-state index contributed by atoms with van der Waals surface area (Å²) in [6, 6.07) is 4.07. The molecule has 0 bridgehead atoms. The van der Waals surface area contributed by atoms with Crippen molar-refractivity contribution in [3.05, 3.63) is 24.2 Å². The molecule has 1 N–H and O–H groups in total. The predicted molar refractivity (Wildman–Crippen MR) is 85.7 cm³/mol. The minimum atomic E-state index is -0.434. The molecule has 1 saturated heterocycles. The van der Waals surface area contributed by atoms with Gasteiger partial charge in [-0.25, -0.2) is 4.79 Å². The molecule has 2 rings (SSSR count). The molecule has 5 nitrogen and oxygen atoms in total. The lowest BCUT2D eigenvalue weighted by molar-refractivity contribution is 0.0165. The highest BCUT2D eigenvalue weighted by Crippen LogP contribution is 2.20. The number of nitrogens with zero attached hydrogens (tertiary/aromatic N) is 1. The van der Waals surface area contributed by atoms with Crippen molar-refractivity contribution in [3.63, 3.8) is 0 Å². The van der Waals surface area contributed by atoms with E-state index >= 15 is 0 Å². The van der Waals surface area contributed by atoms with E-state index in [0.717, 1.165) is 38.2 Å². The van der Waals surface area contributed by atoms with Gasteiger partial charge in [-0.2, -0.15) is 0 Å². The maximum Gasteiger partial charge on any atom is 0.410 e. The Morgan fingerprint density at radius 3 is 2.95 bits per heavy atom. The molecule has 0 spiro atoms. The van der Waals surface area contributed by atoms with Gasteiger partial charge in [0, 0.05) is 19.6 Å². The molecule has 0 saturated carbocycles. The number of carbonyl (C=O) groups is 1. The van der Waals surface area contributed by atoms with Crippen LogP contribution < -0.4 is 5.32 Å². The zero-order valence-corrected chi connectivity index (χ0v) is 14.1. The van der Waals surface area contributed by atoms with Crippen molar-refractivity contribution in [2.45, 2.75) is 52.2 Å². The lowest BCUT2D eigenvalue weighted by Crippen LogP contribution is -2.45. The smallest absolute Gasteiger partial charge is 0.410 e. The van der Waals surface area contributed by atoms with Crippen LogP contribution in [0.2, 0.25) is 0 Å². The monoisotopic (exact) mass is 308 g/mol. The summed E-state index contributed by atoms with van der Waals surface area (Å²) in [6.45, 7) is 10.2. The Bertz CT molecular complexity index is 465. The van der Waals surface area contributed by atoms with Gasteiger partial charge in [0.2, 0.25) is 0 Å². The van der Waals surface area contributed by atoms with Crippen molar-refractivity contribution < 1.29 is 13.9 Å². The summed E-state index contributed by atoms with van der Waals surface area (Å²) in [5, 5.41) is 3.49. The van der Waals surface area contributed by atoms with Gasteiger partial charge in [-0.15, -0.1) is 0 Å². The molecule has 2 heterocycles. The summed E-state index contributed by atoms with van der Waals surface area (Å²) in [5.74, 6) is 1.40. The maximum atomic E-state index is 12.2. The average molecular weight is 308 g/mol. The van der Waals surface area contributed by atoms with Crippen LogP contribution in [0.3, 0.4) is 0 Å². The number of rotatable bonds is 4. The van der Waals surface area contributed by atoms with E-state index in [4.69, 9.17) is 9.15 Å². The number of carbonyl (C=O) groups excluding carboxylic acids is 1. The molecule has 1 aromatic rings. The fourth-order valence-electron chi connectivity index (χ4n) is 2.71. The van der Waals surface area contributed by atoms with E-state index in [1.54, 1.807) is 6.26 Å². The van der Waals surface area contributed by atoms with Gasteiger partial charge in [0.15, 0.2) is 0 Å². The van der Waals surface area contributed by atoms with Crippen LogP contribution in [-0.2, 0) is 4.74 Å². The topological polar surface area (TPSA) is 54.7 Å². The number of amides is 1. The second-order valence-electron chi connectivity index (χ2n) is 7.08. The van der Waals surface area contributed by atoms with Crippen molar-refractivity contribution in [3.8, 4) is 0 Å². The van der Waals surface area contributed by atoms with Crippen LogP contribution >= 0.6 is 0 Å². The Morgan fingerprint density at radius 1 is 1.55 bits per heavy atom. The summed E-state index contributed by atoms with van der Waals surface area (Å²) >= 11 is 0. The van der Waals surface area contributed by atoms with E-state index in [1.807, 2.05) is 37.8 Å². The molecule has 0 aromatic carbocycles. The standard InChI is InChI=1S/C17H28N2O3/c1-13(15-8-6-10-21-15)18-11-14-7-5-9-19(12-14)16(20)22-17(2,3)4/h6,8,10,13-14,18H,5,7,9,11-12H2,1-4H3/t13-,14-/m1/s1. The van der Waals surface area contributed by atoms with E-state index in [-0.39, 0.29) is 12.1 Å². The van der Waals surface area contributed by atoms with Crippen molar-refractivity contribution in [2.75, 3.05) is 19.6 Å². The van der Waals surface area contributed by atoms with E-state index in [0.29, 0.717) is 5.92 Å². The highest BCUT2D eigenvalue weighted by Gasteiger charge is 2.27. The van der Waals surface area contributed by atoms with E-state index in [2.05, 4.69) is 12.2 Å². The zero-order valence-electron chi connectivity index (χ0n) is 14.1.